The van der Waals surface area contributed by atoms with E-state index < -0.39 is 30.1 Å². The fourth-order valence-corrected chi connectivity index (χ4v) is 4.02. The van der Waals surface area contributed by atoms with Crippen LogP contribution in [-0.4, -0.2) is 45.8 Å². The van der Waals surface area contributed by atoms with E-state index in [4.69, 9.17) is 4.74 Å². The van der Waals surface area contributed by atoms with Crippen molar-refractivity contribution in [3.63, 3.8) is 0 Å². The van der Waals surface area contributed by atoms with Crippen LogP contribution in [0.3, 0.4) is 0 Å². The molecule has 0 aromatic carbocycles. The summed E-state index contributed by atoms with van der Waals surface area (Å²) in [4.78, 5) is 45.7. The minimum atomic E-state index is -0.691. The number of thiophene rings is 1. The van der Waals surface area contributed by atoms with E-state index in [2.05, 4.69) is 20.6 Å². The Morgan fingerprint density at radius 1 is 1.22 bits per heavy atom. The summed E-state index contributed by atoms with van der Waals surface area (Å²) in [5.74, 6) is -1.26. The highest BCUT2D eigenvalue weighted by Gasteiger charge is 2.17. The number of rotatable bonds is 5. The number of amides is 3. The molecule has 0 unspecified atom stereocenters. The van der Waals surface area contributed by atoms with Gasteiger partial charge in [0, 0.05) is 15.8 Å². The van der Waals surface area contributed by atoms with Crippen LogP contribution in [0.2, 0.25) is 0 Å². The Labute approximate surface area is 165 Å². The molecule has 146 valence electrons. The fourth-order valence-electron chi connectivity index (χ4n) is 2.11. The van der Waals surface area contributed by atoms with Crippen molar-refractivity contribution in [3.8, 4) is 0 Å². The zero-order valence-electron chi connectivity index (χ0n) is 15.8. The zero-order chi connectivity index (χ0) is 20.2. The Morgan fingerprint density at radius 3 is 2.59 bits per heavy atom. The van der Waals surface area contributed by atoms with Gasteiger partial charge in [-0.15, -0.1) is 11.3 Å². The Balaban J connectivity index is 1.83. The van der Waals surface area contributed by atoms with E-state index in [0.29, 0.717) is 5.03 Å². The molecule has 0 fully saturated rings. The Kier molecular flexibility index (Phi) is 6.77. The highest BCUT2D eigenvalue weighted by atomic mass is 32.2. The Bertz CT molecular complexity index is 874. The molecule has 2 rings (SSSR count). The van der Waals surface area contributed by atoms with E-state index in [1.807, 2.05) is 13.8 Å². The molecule has 0 aliphatic rings. The van der Waals surface area contributed by atoms with Gasteiger partial charge in [-0.3, -0.25) is 14.9 Å². The average molecular weight is 411 g/mol. The van der Waals surface area contributed by atoms with Crippen molar-refractivity contribution in [3.05, 3.63) is 16.8 Å². The third kappa shape index (κ3) is 6.17. The summed E-state index contributed by atoms with van der Waals surface area (Å²) in [6.45, 7) is 8.84. The van der Waals surface area contributed by atoms with Gasteiger partial charge in [0.1, 0.15) is 16.2 Å². The smallest absolute Gasteiger partial charge is 0.321 e. The van der Waals surface area contributed by atoms with Crippen LogP contribution < -0.4 is 10.6 Å². The number of ether oxygens (including phenoxy) is 1. The predicted molar refractivity (Wildman–Crippen MR) is 105 cm³/mol. The lowest BCUT2D eigenvalue weighted by molar-refractivity contribution is -0.145. The third-order valence-electron chi connectivity index (χ3n) is 3.36. The highest BCUT2D eigenvalue weighted by molar-refractivity contribution is 8.00. The lowest BCUT2D eigenvalue weighted by Gasteiger charge is -2.20. The standard InChI is InChI=1S/C17H22N4O4S2/c1-9-10(2)27-15-13(9)14(18-8-19-15)26-7-12(23)25-6-11(22)20-16(24)21-17(3,4)5/h8H,6-7H2,1-5H3,(H2,20,21,22,24). The van der Waals surface area contributed by atoms with Crippen LogP contribution in [0.4, 0.5) is 4.79 Å². The summed E-state index contributed by atoms with van der Waals surface area (Å²) in [5.41, 5.74) is 0.620. The number of hydrogen-bond acceptors (Lipinski definition) is 8. The van der Waals surface area contributed by atoms with Crippen LogP contribution in [-0.2, 0) is 14.3 Å². The molecule has 2 aromatic heterocycles. The Hall–Kier alpha value is -2.20. The van der Waals surface area contributed by atoms with Gasteiger partial charge in [-0.1, -0.05) is 11.8 Å². The highest BCUT2D eigenvalue weighted by Crippen LogP contribution is 2.34. The van der Waals surface area contributed by atoms with Gasteiger partial charge in [-0.2, -0.15) is 0 Å². The molecule has 2 heterocycles. The van der Waals surface area contributed by atoms with Crippen LogP contribution >= 0.6 is 23.1 Å². The largest absolute Gasteiger partial charge is 0.455 e. The summed E-state index contributed by atoms with van der Waals surface area (Å²) < 4.78 is 4.91. The maximum absolute atomic E-state index is 11.9. The summed E-state index contributed by atoms with van der Waals surface area (Å²) in [6, 6.07) is -0.635. The van der Waals surface area contributed by atoms with Gasteiger partial charge in [0.2, 0.25) is 0 Å². The van der Waals surface area contributed by atoms with Crippen LogP contribution in [0.5, 0.6) is 0 Å². The minimum absolute atomic E-state index is 0.00190. The molecule has 0 atom stereocenters. The summed E-state index contributed by atoms with van der Waals surface area (Å²) in [5, 5.41) is 6.33. The average Bonchev–Trinajstić information content (AvgIpc) is 2.84. The van der Waals surface area contributed by atoms with Gasteiger partial charge in [0.15, 0.2) is 6.61 Å². The number of thioether (sulfide) groups is 1. The molecule has 27 heavy (non-hydrogen) atoms. The number of imide groups is 1. The van der Waals surface area contributed by atoms with Gasteiger partial charge in [-0.25, -0.2) is 14.8 Å². The first-order valence-corrected chi connectivity index (χ1v) is 9.98. The number of nitrogens with zero attached hydrogens (tertiary/aromatic N) is 2. The lowest BCUT2D eigenvalue weighted by Crippen LogP contribution is -2.49. The van der Waals surface area contributed by atoms with E-state index >= 15 is 0 Å². The van der Waals surface area contributed by atoms with Crippen molar-refractivity contribution in [1.82, 2.24) is 20.6 Å². The van der Waals surface area contributed by atoms with E-state index in [1.165, 1.54) is 18.1 Å². The summed E-state index contributed by atoms with van der Waals surface area (Å²) in [6.07, 6.45) is 1.46. The second-order valence-corrected chi connectivity index (χ2v) is 9.01. The lowest BCUT2D eigenvalue weighted by atomic mass is 10.1. The van der Waals surface area contributed by atoms with Crippen LogP contribution in [0, 0.1) is 13.8 Å². The molecule has 0 aliphatic carbocycles. The van der Waals surface area contributed by atoms with Crippen molar-refractivity contribution in [1.29, 1.82) is 0 Å². The zero-order valence-corrected chi connectivity index (χ0v) is 17.5. The van der Waals surface area contributed by atoms with Crippen molar-refractivity contribution in [2.75, 3.05) is 12.4 Å². The molecule has 3 amide bonds. The van der Waals surface area contributed by atoms with Crippen molar-refractivity contribution in [2.24, 2.45) is 0 Å². The maximum Gasteiger partial charge on any atom is 0.321 e. The number of carbonyl (C=O) groups excluding carboxylic acids is 3. The first-order valence-electron chi connectivity index (χ1n) is 8.18. The molecule has 0 aliphatic heterocycles. The molecular formula is C17H22N4O4S2. The molecule has 0 saturated carbocycles. The first kappa shape index (κ1) is 21.1. The van der Waals surface area contributed by atoms with E-state index in [9.17, 15) is 14.4 Å². The molecule has 2 aromatic rings. The minimum Gasteiger partial charge on any atom is -0.455 e. The number of urea groups is 1. The Morgan fingerprint density at radius 2 is 1.93 bits per heavy atom. The quantitative estimate of drug-likeness (QED) is 0.443. The molecule has 2 N–H and O–H groups in total. The van der Waals surface area contributed by atoms with Crippen LogP contribution in [0.1, 0.15) is 31.2 Å². The number of carbonyl (C=O) groups is 3. The fraction of sp³-hybridized carbons (Fsp3) is 0.471. The van der Waals surface area contributed by atoms with Gasteiger partial charge in [0.05, 0.1) is 5.75 Å². The van der Waals surface area contributed by atoms with Gasteiger partial charge in [0.25, 0.3) is 5.91 Å². The monoisotopic (exact) mass is 410 g/mol. The normalized spacial score (nSPS) is 11.3. The molecule has 0 spiro atoms. The predicted octanol–water partition coefficient (Wildman–Crippen LogP) is 2.57. The first-order chi connectivity index (χ1) is 12.6. The SMILES string of the molecule is Cc1sc2ncnc(SCC(=O)OCC(=O)NC(=O)NC(C)(C)C)c2c1C. The molecule has 8 nitrogen and oxygen atoms in total. The summed E-state index contributed by atoms with van der Waals surface area (Å²) >= 11 is 2.81. The van der Waals surface area contributed by atoms with Gasteiger partial charge < -0.3 is 10.1 Å². The maximum atomic E-state index is 11.9. The summed E-state index contributed by atoms with van der Waals surface area (Å²) in [7, 11) is 0. The second kappa shape index (κ2) is 8.66. The molecule has 0 bridgehead atoms. The van der Waals surface area contributed by atoms with E-state index in [1.54, 1.807) is 32.1 Å². The van der Waals surface area contributed by atoms with Crippen molar-refractivity contribution >= 4 is 51.2 Å². The number of nitrogens with one attached hydrogen (secondary N) is 2. The number of aromatic nitrogens is 2. The molecule has 0 radical (unpaired) electrons. The van der Waals surface area contributed by atoms with E-state index in [-0.39, 0.29) is 5.75 Å². The van der Waals surface area contributed by atoms with Crippen LogP contribution in [0.25, 0.3) is 10.2 Å². The molecule has 0 saturated heterocycles. The number of fused-ring (bicyclic) bond motifs is 1. The topological polar surface area (TPSA) is 110 Å². The number of esters is 1. The second-order valence-electron chi connectivity index (χ2n) is 6.84. The van der Waals surface area contributed by atoms with Crippen LogP contribution in [0.15, 0.2) is 11.4 Å². The third-order valence-corrected chi connectivity index (χ3v) is 5.44. The van der Waals surface area contributed by atoms with E-state index in [0.717, 1.165) is 20.7 Å². The molecular weight excluding hydrogens is 388 g/mol. The van der Waals surface area contributed by atoms with Crippen molar-refractivity contribution in [2.45, 2.75) is 45.2 Å². The number of hydrogen-bond donors (Lipinski definition) is 2. The van der Waals surface area contributed by atoms with Gasteiger partial charge >= 0.3 is 12.0 Å². The number of aryl methyl sites for hydroxylation is 2. The van der Waals surface area contributed by atoms with Crippen molar-refractivity contribution < 1.29 is 19.1 Å². The van der Waals surface area contributed by atoms with Gasteiger partial charge in [-0.05, 0) is 40.2 Å². The molecule has 10 heteroatoms.